The number of nitrogens with one attached hydrogen (secondary N) is 1. The first-order chi connectivity index (χ1) is 9.07. The number of rotatable bonds is 4. The molecular formula is C16H25BrN2. The third-order valence-corrected chi connectivity index (χ3v) is 4.74. The Hall–Kier alpha value is -0.540. The van der Waals surface area contributed by atoms with Crippen molar-refractivity contribution in [3.05, 3.63) is 28.7 Å². The van der Waals surface area contributed by atoms with Gasteiger partial charge in [-0.1, -0.05) is 26.0 Å². The van der Waals surface area contributed by atoms with E-state index in [1.807, 2.05) is 6.07 Å². The molecule has 0 bridgehead atoms. The van der Waals surface area contributed by atoms with Gasteiger partial charge in [0.05, 0.1) is 0 Å². The highest BCUT2D eigenvalue weighted by Gasteiger charge is 2.22. The molecule has 1 N–H and O–H groups in total. The van der Waals surface area contributed by atoms with Gasteiger partial charge in [-0.2, -0.15) is 0 Å². The van der Waals surface area contributed by atoms with E-state index in [0.29, 0.717) is 5.41 Å². The summed E-state index contributed by atoms with van der Waals surface area (Å²) in [4.78, 5) is 2.60. The quantitative estimate of drug-likeness (QED) is 0.884. The van der Waals surface area contributed by atoms with Crippen LogP contribution in [0, 0.1) is 5.41 Å². The summed E-state index contributed by atoms with van der Waals surface area (Å²) in [7, 11) is 0. The number of halogens is 1. The van der Waals surface area contributed by atoms with Gasteiger partial charge in [0.1, 0.15) is 0 Å². The molecule has 0 atom stereocenters. The van der Waals surface area contributed by atoms with Crippen LogP contribution in [0.15, 0.2) is 28.7 Å². The van der Waals surface area contributed by atoms with Crippen molar-refractivity contribution in [1.29, 1.82) is 0 Å². The van der Waals surface area contributed by atoms with Crippen LogP contribution in [0.25, 0.3) is 0 Å². The molecule has 1 aliphatic rings. The van der Waals surface area contributed by atoms with Crippen molar-refractivity contribution >= 4 is 21.6 Å². The minimum Gasteiger partial charge on any atom is -0.383 e. The summed E-state index contributed by atoms with van der Waals surface area (Å²) < 4.78 is 1.15. The summed E-state index contributed by atoms with van der Waals surface area (Å²) in [5, 5.41) is 3.51. The molecule has 1 aromatic carbocycles. The van der Waals surface area contributed by atoms with E-state index in [-0.39, 0.29) is 0 Å². The number of hydrogen-bond acceptors (Lipinski definition) is 2. The lowest BCUT2D eigenvalue weighted by molar-refractivity contribution is 0.269. The fraction of sp³-hybridized carbons (Fsp3) is 0.625. The second-order valence-electron chi connectivity index (χ2n) is 6.27. The first kappa shape index (κ1) is 14.9. The first-order valence-corrected chi connectivity index (χ1v) is 8.07. The molecule has 0 saturated carbocycles. The number of likely N-dealkylation sites (tertiary alicyclic amines) is 1. The lowest BCUT2D eigenvalue weighted by Gasteiger charge is -2.23. The summed E-state index contributed by atoms with van der Waals surface area (Å²) in [6, 6.07) is 8.32. The molecule has 1 aliphatic heterocycles. The molecule has 1 saturated heterocycles. The van der Waals surface area contributed by atoms with Crippen LogP contribution in [-0.4, -0.2) is 31.1 Å². The summed E-state index contributed by atoms with van der Waals surface area (Å²) in [5.74, 6) is 0. The molecule has 1 fully saturated rings. The van der Waals surface area contributed by atoms with Crippen molar-refractivity contribution in [3.63, 3.8) is 0 Å². The van der Waals surface area contributed by atoms with Gasteiger partial charge in [0.15, 0.2) is 0 Å². The minimum atomic E-state index is 0.532. The van der Waals surface area contributed by atoms with Crippen molar-refractivity contribution in [2.45, 2.75) is 33.1 Å². The molecule has 1 heterocycles. The predicted molar refractivity (Wildman–Crippen MR) is 86.7 cm³/mol. The monoisotopic (exact) mass is 324 g/mol. The standard InChI is InChI=1S/C16H25BrN2/c1-16(2)8-5-11-19(12-9-16)13-10-18-15-7-4-3-6-14(15)17/h3-4,6-7,18H,5,8-13H2,1-2H3. The normalized spacial score (nSPS) is 19.9. The Kier molecular flexibility index (Phi) is 5.28. The maximum absolute atomic E-state index is 3.57. The van der Waals surface area contributed by atoms with E-state index in [4.69, 9.17) is 0 Å². The molecule has 0 spiro atoms. The van der Waals surface area contributed by atoms with Crippen LogP contribution in [0.2, 0.25) is 0 Å². The van der Waals surface area contributed by atoms with Crippen molar-refractivity contribution in [3.8, 4) is 0 Å². The highest BCUT2D eigenvalue weighted by atomic mass is 79.9. The Labute approximate surface area is 125 Å². The van der Waals surface area contributed by atoms with Gasteiger partial charge < -0.3 is 10.2 Å². The maximum atomic E-state index is 3.57. The van der Waals surface area contributed by atoms with E-state index in [2.05, 4.69) is 58.2 Å². The van der Waals surface area contributed by atoms with Gasteiger partial charge in [-0.25, -0.2) is 0 Å². The number of hydrogen-bond donors (Lipinski definition) is 1. The molecule has 0 unspecified atom stereocenters. The fourth-order valence-corrected chi connectivity index (χ4v) is 3.08. The van der Waals surface area contributed by atoms with Gasteiger partial charge in [-0.3, -0.25) is 0 Å². The Balaban J connectivity index is 1.75. The molecule has 2 nitrogen and oxygen atoms in total. The smallest absolute Gasteiger partial charge is 0.0485 e. The molecule has 1 aromatic rings. The van der Waals surface area contributed by atoms with Crippen molar-refractivity contribution in [2.24, 2.45) is 5.41 Å². The molecule has 0 aromatic heterocycles. The van der Waals surface area contributed by atoms with E-state index in [1.165, 1.54) is 38.0 Å². The van der Waals surface area contributed by atoms with E-state index < -0.39 is 0 Å². The summed E-state index contributed by atoms with van der Waals surface area (Å²) in [6.07, 6.45) is 4.02. The van der Waals surface area contributed by atoms with Crippen molar-refractivity contribution in [2.75, 3.05) is 31.5 Å². The Morgan fingerprint density at radius 1 is 1.21 bits per heavy atom. The van der Waals surface area contributed by atoms with E-state index >= 15 is 0 Å². The molecule has 0 amide bonds. The van der Waals surface area contributed by atoms with Crippen LogP contribution < -0.4 is 5.32 Å². The molecule has 2 rings (SSSR count). The minimum absolute atomic E-state index is 0.532. The van der Waals surface area contributed by atoms with Crippen molar-refractivity contribution < 1.29 is 0 Å². The largest absolute Gasteiger partial charge is 0.383 e. The second kappa shape index (κ2) is 6.76. The zero-order valence-electron chi connectivity index (χ0n) is 12.1. The van der Waals surface area contributed by atoms with Crippen LogP contribution in [0.5, 0.6) is 0 Å². The lowest BCUT2D eigenvalue weighted by atomic mass is 9.85. The van der Waals surface area contributed by atoms with E-state index in [1.54, 1.807) is 0 Å². The van der Waals surface area contributed by atoms with Crippen LogP contribution in [0.3, 0.4) is 0 Å². The Morgan fingerprint density at radius 2 is 2.00 bits per heavy atom. The number of para-hydroxylation sites is 1. The first-order valence-electron chi connectivity index (χ1n) is 7.28. The fourth-order valence-electron chi connectivity index (χ4n) is 2.66. The highest BCUT2D eigenvalue weighted by molar-refractivity contribution is 9.10. The second-order valence-corrected chi connectivity index (χ2v) is 7.12. The van der Waals surface area contributed by atoms with Crippen molar-refractivity contribution in [1.82, 2.24) is 4.90 Å². The summed E-state index contributed by atoms with van der Waals surface area (Å²) in [6.45, 7) is 9.44. The molecule has 3 heteroatoms. The van der Waals surface area contributed by atoms with Crippen LogP contribution in [0.1, 0.15) is 33.1 Å². The number of benzene rings is 1. The number of nitrogens with zero attached hydrogens (tertiary/aromatic N) is 1. The molecular weight excluding hydrogens is 300 g/mol. The van der Waals surface area contributed by atoms with Gasteiger partial charge >= 0.3 is 0 Å². The third kappa shape index (κ3) is 4.81. The zero-order valence-corrected chi connectivity index (χ0v) is 13.7. The van der Waals surface area contributed by atoms with Crippen LogP contribution >= 0.6 is 15.9 Å². The molecule has 0 aliphatic carbocycles. The molecule has 106 valence electrons. The van der Waals surface area contributed by atoms with Crippen LogP contribution in [0.4, 0.5) is 5.69 Å². The zero-order chi connectivity index (χ0) is 13.7. The van der Waals surface area contributed by atoms with E-state index in [0.717, 1.165) is 17.6 Å². The highest BCUT2D eigenvalue weighted by Crippen LogP contribution is 2.29. The predicted octanol–water partition coefficient (Wildman–Crippen LogP) is 4.37. The van der Waals surface area contributed by atoms with Gasteiger partial charge in [-0.05, 0) is 65.8 Å². The number of anilines is 1. The average molecular weight is 325 g/mol. The SMILES string of the molecule is CC1(C)CCCN(CCNc2ccccc2Br)CC1. The van der Waals surface area contributed by atoms with Crippen LogP contribution in [-0.2, 0) is 0 Å². The lowest BCUT2D eigenvalue weighted by Crippen LogP contribution is -2.30. The molecule has 19 heavy (non-hydrogen) atoms. The maximum Gasteiger partial charge on any atom is 0.0485 e. The molecule has 0 radical (unpaired) electrons. The third-order valence-electron chi connectivity index (χ3n) is 4.05. The topological polar surface area (TPSA) is 15.3 Å². The van der Waals surface area contributed by atoms with Gasteiger partial charge in [0.2, 0.25) is 0 Å². The van der Waals surface area contributed by atoms with Gasteiger partial charge in [0.25, 0.3) is 0 Å². The average Bonchev–Trinajstić information content (AvgIpc) is 2.53. The Morgan fingerprint density at radius 3 is 2.79 bits per heavy atom. The summed E-state index contributed by atoms with van der Waals surface area (Å²) >= 11 is 3.57. The van der Waals surface area contributed by atoms with Gasteiger partial charge in [0, 0.05) is 23.2 Å². The van der Waals surface area contributed by atoms with Gasteiger partial charge in [-0.15, -0.1) is 0 Å². The van der Waals surface area contributed by atoms with E-state index in [9.17, 15) is 0 Å². The summed E-state index contributed by atoms with van der Waals surface area (Å²) in [5.41, 5.74) is 1.72. The Bertz CT molecular complexity index is 403.